The molecule has 0 aromatic heterocycles. The molecule has 1 aromatic rings. The molecule has 3 nitrogen and oxygen atoms in total. The van der Waals surface area contributed by atoms with Gasteiger partial charge in [0.05, 0.1) is 0 Å². The number of carbonyl (C=O) groups is 1. The van der Waals surface area contributed by atoms with E-state index in [1.54, 1.807) is 0 Å². The Balaban J connectivity index is 2.70. The van der Waals surface area contributed by atoms with E-state index >= 15 is 0 Å². The van der Waals surface area contributed by atoms with Crippen molar-refractivity contribution >= 4 is 5.91 Å². The maximum absolute atomic E-state index is 11.9. The Morgan fingerprint density at radius 2 is 2.00 bits per heavy atom. The lowest BCUT2D eigenvalue weighted by Gasteiger charge is -2.29. The summed E-state index contributed by atoms with van der Waals surface area (Å²) in [5.74, 6) is -0.0293. The highest BCUT2D eigenvalue weighted by Gasteiger charge is 2.23. The third-order valence-corrected chi connectivity index (χ3v) is 2.93. The van der Waals surface area contributed by atoms with Gasteiger partial charge in [-0.2, -0.15) is 0 Å². The minimum Gasteiger partial charge on any atom is -0.347 e. The molecular weight excluding hydrogens is 200 g/mol. The van der Waals surface area contributed by atoms with E-state index < -0.39 is 0 Å². The molecule has 0 fully saturated rings. The van der Waals surface area contributed by atoms with Crippen LogP contribution in [0.25, 0.3) is 0 Å². The van der Waals surface area contributed by atoms with Gasteiger partial charge in [0.1, 0.15) is 0 Å². The maximum atomic E-state index is 11.9. The number of nitrogens with one attached hydrogen (secondary N) is 1. The first-order chi connectivity index (χ1) is 7.61. The molecule has 88 valence electrons. The van der Waals surface area contributed by atoms with E-state index in [4.69, 9.17) is 5.73 Å². The molecule has 1 unspecified atom stereocenters. The molecule has 0 aliphatic heterocycles. The molecule has 1 aromatic carbocycles. The number of amides is 1. The summed E-state index contributed by atoms with van der Waals surface area (Å²) in [4.78, 5) is 11.9. The smallest absolute Gasteiger partial charge is 0.251 e. The van der Waals surface area contributed by atoms with Gasteiger partial charge in [-0.1, -0.05) is 25.1 Å². The van der Waals surface area contributed by atoms with Gasteiger partial charge in [0, 0.05) is 11.1 Å². The Morgan fingerprint density at radius 1 is 1.38 bits per heavy atom. The average molecular weight is 220 g/mol. The molecule has 0 bridgehead atoms. The van der Waals surface area contributed by atoms with Crippen LogP contribution in [0.3, 0.4) is 0 Å². The highest BCUT2D eigenvalue weighted by Crippen LogP contribution is 2.14. The van der Waals surface area contributed by atoms with Crippen molar-refractivity contribution in [3.8, 4) is 0 Å². The minimum atomic E-state index is -0.207. The molecule has 0 saturated heterocycles. The highest BCUT2D eigenvalue weighted by atomic mass is 16.1. The second-order valence-corrected chi connectivity index (χ2v) is 4.27. The number of benzene rings is 1. The van der Waals surface area contributed by atoms with E-state index in [1.165, 1.54) is 0 Å². The van der Waals surface area contributed by atoms with Crippen LogP contribution in [0.5, 0.6) is 0 Å². The molecule has 3 heteroatoms. The van der Waals surface area contributed by atoms with Gasteiger partial charge >= 0.3 is 0 Å². The fourth-order valence-corrected chi connectivity index (χ4v) is 1.58. The van der Waals surface area contributed by atoms with Crippen LogP contribution in [-0.4, -0.2) is 18.0 Å². The molecule has 0 aliphatic rings. The predicted molar refractivity (Wildman–Crippen MR) is 66.3 cm³/mol. The van der Waals surface area contributed by atoms with E-state index in [0.29, 0.717) is 12.1 Å². The van der Waals surface area contributed by atoms with Crippen LogP contribution in [0, 0.1) is 0 Å². The second kappa shape index (κ2) is 5.66. The van der Waals surface area contributed by atoms with Crippen LogP contribution in [0.1, 0.15) is 37.0 Å². The van der Waals surface area contributed by atoms with Gasteiger partial charge in [-0.05, 0) is 38.4 Å². The normalized spacial score (nSPS) is 14.2. The molecule has 1 atom stereocenters. The van der Waals surface area contributed by atoms with Crippen LogP contribution in [0.15, 0.2) is 30.3 Å². The van der Waals surface area contributed by atoms with Gasteiger partial charge in [-0.15, -0.1) is 0 Å². The fraction of sp³-hybridized carbons (Fsp3) is 0.462. The number of rotatable bonds is 5. The van der Waals surface area contributed by atoms with Gasteiger partial charge in [-0.25, -0.2) is 0 Å². The van der Waals surface area contributed by atoms with Crippen molar-refractivity contribution in [2.45, 2.75) is 32.2 Å². The molecule has 16 heavy (non-hydrogen) atoms. The van der Waals surface area contributed by atoms with Crippen LogP contribution in [0.4, 0.5) is 0 Å². The Bertz CT molecular complexity index is 337. The molecule has 0 saturated carbocycles. The molecule has 0 aliphatic carbocycles. The van der Waals surface area contributed by atoms with E-state index in [2.05, 4.69) is 12.2 Å². The largest absolute Gasteiger partial charge is 0.347 e. The third-order valence-electron chi connectivity index (χ3n) is 2.93. The fourth-order valence-electron chi connectivity index (χ4n) is 1.58. The summed E-state index contributed by atoms with van der Waals surface area (Å²) in [6.45, 7) is 4.67. The lowest BCUT2D eigenvalue weighted by molar-refractivity contribution is 0.0900. The summed E-state index contributed by atoms with van der Waals surface area (Å²) in [7, 11) is 0. The Hall–Kier alpha value is -1.35. The lowest BCUT2D eigenvalue weighted by Crippen LogP contribution is -2.46. The van der Waals surface area contributed by atoms with Crippen molar-refractivity contribution in [1.82, 2.24) is 5.32 Å². The number of carbonyl (C=O) groups excluding carboxylic acids is 1. The number of hydrogen-bond donors (Lipinski definition) is 2. The van der Waals surface area contributed by atoms with Crippen molar-refractivity contribution in [2.75, 3.05) is 6.54 Å². The summed E-state index contributed by atoms with van der Waals surface area (Å²) >= 11 is 0. The average Bonchev–Trinajstić information content (AvgIpc) is 2.30. The lowest BCUT2D eigenvalue weighted by atomic mass is 9.94. The third kappa shape index (κ3) is 3.35. The molecule has 0 spiro atoms. The summed E-state index contributed by atoms with van der Waals surface area (Å²) in [5, 5.41) is 3.04. The van der Waals surface area contributed by atoms with Crippen LogP contribution in [-0.2, 0) is 0 Å². The van der Waals surface area contributed by atoms with Crippen molar-refractivity contribution in [1.29, 1.82) is 0 Å². The van der Waals surface area contributed by atoms with Crippen LogP contribution < -0.4 is 11.1 Å². The summed E-state index contributed by atoms with van der Waals surface area (Å²) in [5.41, 5.74) is 6.04. The van der Waals surface area contributed by atoms with Crippen LogP contribution in [0.2, 0.25) is 0 Å². The zero-order valence-corrected chi connectivity index (χ0v) is 9.99. The maximum Gasteiger partial charge on any atom is 0.251 e. The first-order valence-electron chi connectivity index (χ1n) is 5.69. The van der Waals surface area contributed by atoms with Gasteiger partial charge < -0.3 is 11.1 Å². The van der Waals surface area contributed by atoms with Crippen molar-refractivity contribution < 1.29 is 4.79 Å². The minimum absolute atomic E-state index is 0.0293. The van der Waals surface area contributed by atoms with Gasteiger partial charge in [-0.3, -0.25) is 4.79 Å². The Morgan fingerprint density at radius 3 is 2.50 bits per heavy atom. The first kappa shape index (κ1) is 12.7. The SMILES string of the molecule is CCC(C)(CCN)NC(=O)c1ccccc1. The predicted octanol–water partition coefficient (Wildman–Crippen LogP) is 1.93. The zero-order valence-electron chi connectivity index (χ0n) is 9.99. The van der Waals surface area contributed by atoms with Gasteiger partial charge in [0.2, 0.25) is 0 Å². The van der Waals surface area contributed by atoms with E-state index in [9.17, 15) is 4.79 Å². The molecule has 1 rings (SSSR count). The van der Waals surface area contributed by atoms with Gasteiger partial charge in [0.25, 0.3) is 5.91 Å². The molecule has 0 radical (unpaired) electrons. The van der Waals surface area contributed by atoms with E-state index in [-0.39, 0.29) is 11.4 Å². The molecule has 3 N–H and O–H groups in total. The summed E-state index contributed by atoms with van der Waals surface area (Å²) in [6.07, 6.45) is 1.67. The summed E-state index contributed by atoms with van der Waals surface area (Å²) < 4.78 is 0. The summed E-state index contributed by atoms with van der Waals surface area (Å²) in [6, 6.07) is 9.25. The zero-order chi connectivity index (χ0) is 12.0. The number of hydrogen-bond acceptors (Lipinski definition) is 2. The highest BCUT2D eigenvalue weighted by molar-refractivity contribution is 5.94. The second-order valence-electron chi connectivity index (χ2n) is 4.27. The number of nitrogens with two attached hydrogens (primary N) is 1. The molecule has 0 heterocycles. The Kier molecular flexibility index (Phi) is 4.50. The topological polar surface area (TPSA) is 55.1 Å². The quantitative estimate of drug-likeness (QED) is 0.796. The van der Waals surface area contributed by atoms with E-state index in [0.717, 1.165) is 12.8 Å². The monoisotopic (exact) mass is 220 g/mol. The van der Waals surface area contributed by atoms with Crippen molar-refractivity contribution in [3.63, 3.8) is 0 Å². The molecule has 1 amide bonds. The Labute approximate surface area is 97.0 Å². The first-order valence-corrected chi connectivity index (χ1v) is 5.69. The van der Waals surface area contributed by atoms with Crippen LogP contribution >= 0.6 is 0 Å². The standard InChI is InChI=1S/C13H20N2O/c1-3-13(2,9-10-14)15-12(16)11-7-5-4-6-8-11/h4-8H,3,9-10,14H2,1-2H3,(H,15,16). The molecular formula is C13H20N2O. The van der Waals surface area contributed by atoms with Gasteiger partial charge in [0.15, 0.2) is 0 Å². The van der Waals surface area contributed by atoms with E-state index in [1.807, 2.05) is 37.3 Å². The van der Waals surface area contributed by atoms with Crippen molar-refractivity contribution in [3.05, 3.63) is 35.9 Å². The van der Waals surface area contributed by atoms with Crippen molar-refractivity contribution in [2.24, 2.45) is 5.73 Å².